The van der Waals surface area contributed by atoms with Gasteiger partial charge in [-0.15, -0.1) is 0 Å². The lowest BCUT2D eigenvalue weighted by atomic mass is 9.94. The molecule has 6 rings (SSSR count). The van der Waals surface area contributed by atoms with E-state index >= 15 is 0 Å². The molecule has 1 aliphatic carbocycles. The van der Waals surface area contributed by atoms with Crippen molar-refractivity contribution in [2.75, 3.05) is 5.32 Å². The molecule has 8 heteroatoms. The van der Waals surface area contributed by atoms with Crippen molar-refractivity contribution in [1.29, 1.82) is 0 Å². The average Bonchev–Trinajstić information content (AvgIpc) is 3.43. The highest BCUT2D eigenvalue weighted by atomic mass is 16.2. The predicted octanol–water partition coefficient (Wildman–Crippen LogP) is 4.23. The predicted molar refractivity (Wildman–Crippen MR) is 139 cm³/mol. The van der Waals surface area contributed by atoms with Crippen LogP contribution >= 0.6 is 0 Å². The second kappa shape index (κ2) is 9.65. The van der Waals surface area contributed by atoms with Crippen LogP contribution in [0.4, 0.5) is 5.69 Å². The zero-order valence-electron chi connectivity index (χ0n) is 20.5. The fourth-order valence-electron chi connectivity index (χ4n) is 6.89. The van der Waals surface area contributed by atoms with Crippen molar-refractivity contribution in [3.8, 4) is 0 Å². The minimum atomic E-state index is -0.563. The van der Waals surface area contributed by atoms with Crippen molar-refractivity contribution < 1.29 is 4.79 Å². The molecule has 2 aliphatic heterocycles. The van der Waals surface area contributed by atoms with Gasteiger partial charge >= 0.3 is 0 Å². The smallest absolute Gasteiger partial charge is 0.283 e. The summed E-state index contributed by atoms with van der Waals surface area (Å²) < 4.78 is 1.86. The van der Waals surface area contributed by atoms with Crippen molar-refractivity contribution in [3.63, 3.8) is 0 Å². The van der Waals surface area contributed by atoms with Gasteiger partial charge in [-0.25, -0.2) is 4.98 Å². The first kappa shape index (κ1) is 23.2. The Morgan fingerprint density at radius 2 is 1.67 bits per heavy atom. The van der Waals surface area contributed by atoms with Crippen LogP contribution in [0.25, 0.3) is 11.0 Å². The average molecular weight is 488 g/mol. The lowest BCUT2D eigenvalue weighted by Crippen LogP contribution is -2.42. The van der Waals surface area contributed by atoms with Gasteiger partial charge in [0.15, 0.2) is 5.69 Å². The number of nitrogens with one attached hydrogen (secondary N) is 2. The first-order chi connectivity index (χ1) is 17.6. The molecule has 2 N–H and O–H groups in total. The number of rotatable bonds is 4. The third kappa shape index (κ3) is 4.17. The van der Waals surface area contributed by atoms with Gasteiger partial charge in [-0.05, 0) is 50.3 Å². The van der Waals surface area contributed by atoms with Crippen molar-refractivity contribution in [3.05, 3.63) is 69.0 Å². The SMILES string of the molecule is O=C(Nc1ccc(=O)[nH]c1)c1nc2ccccc2n([C@@H]2C[C@@H]3CCC2N3C2CCCCCCC2)c1=O. The largest absolute Gasteiger partial charge is 0.327 e. The minimum absolute atomic E-state index is 0.0363. The van der Waals surface area contributed by atoms with E-state index in [1.165, 1.54) is 69.7 Å². The van der Waals surface area contributed by atoms with E-state index in [-0.39, 0.29) is 22.9 Å². The van der Waals surface area contributed by atoms with Crippen molar-refractivity contribution >= 4 is 22.6 Å². The number of aromatic amines is 1. The van der Waals surface area contributed by atoms with Crippen LogP contribution in [0.2, 0.25) is 0 Å². The number of fused-ring (bicyclic) bond motifs is 3. The first-order valence-electron chi connectivity index (χ1n) is 13.4. The number of hydrogen-bond acceptors (Lipinski definition) is 5. The van der Waals surface area contributed by atoms with Gasteiger partial charge in [-0.1, -0.05) is 44.2 Å². The number of benzene rings is 1. The quantitative estimate of drug-likeness (QED) is 0.574. The molecule has 0 radical (unpaired) electrons. The Kier molecular flexibility index (Phi) is 6.21. The van der Waals surface area contributed by atoms with Gasteiger partial charge in [0.25, 0.3) is 11.5 Å². The number of carbonyl (C=O) groups is 1. The summed E-state index contributed by atoms with van der Waals surface area (Å²) >= 11 is 0. The lowest BCUT2D eigenvalue weighted by Gasteiger charge is -2.34. The molecule has 2 saturated heterocycles. The molecule has 3 aromatic rings. The van der Waals surface area contributed by atoms with Gasteiger partial charge in [0, 0.05) is 30.4 Å². The van der Waals surface area contributed by atoms with E-state index < -0.39 is 5.91 Å². The minimum Gasteiger partial charge on any atom is -0.327 e. The monoisotopic (exact) mass is 487 g/mol. The molecule has 2 aromatic heterocycles. The van der Waals surface area contributed by atoms with Crippen LogP contribution in [-0.4, -0.2) is 43.5 Å². The van der Waals surface area contributed by atoms with Gasteiger partial charge in [0.1, 0.15) is 0 Å². The Labute approximate surface area is 209 Å². The summed E-state index contributed by atoms with van der Waals surface area (Å²) in [6, 6.07) is 11.9. The van der Waals surface area contributed by atoms with Crippen LogP contribution < -0.4 is 16.4 Å². The molecule has 3 atom stereocenters. The van der Waals surface area contributed by atoms with Crippen LogP contribution in [0.1, 0.15) is 80.7 Å². The van der Waals surface area contributed by atoms with E-state index in [0.29, 0.717) is 29.3 Å². The molecule has 1 amide bonds. The molecular weight excluding hydrogens is 454 g/mol. The van der Waals surface area contributed by atoms with E-state index in [9.17, 15) is 14.4 Å². The third-order valence-electron chi connectivity index (χ3n) is 8.44. The van der Waals surface area contributed by atoms with Gasteiger partial charge in [-0.3, -0.25) is 23.9 Å². The highest BCUT2D eigenvalue weighted by Crippen LogP contribution is 2.47. The Morgan fingerprint density at radius 1 is 0.889 bits per heavy atom. The fraction of sp³-hybridized carbons (Fsp3) is 0.500. The molecule has 1 aromatic carbocycles. The Morgan fingerprint density at radius 3 is 2.44 bits per heavy atom. The maximum Gasteiger partial charge on any atom is 0.283 e. The summed E-state index contributed by atoms with van der Waals surface area (Å²) in [4.78, 5) is 48.2. The van der Waals surface area contributed by atoms with Crippen LogP contribution in [0.5, 0.6) is 0 Å². The normalized spacial score (nSPS) is 25.1. The van der Waals surface area contributed by atoms with E-state index in [0.717, 1.165) is 18.4 Å². The topological polar surface area (TPSA) is 100 Å². The standard InChI is InChI=1S/C28H33N5O3/c34-25-15-12-18(17-29-25)30-27(35)26-28(36)33(22-11-7-6-10-21(22)31-26)24-16-20-13-14-23(24)32(20)19-8-4-2-1-3-5-9-19/h6-7,10-12,15,17,19-20,23-24H,1-5,8-9,13-14,16H2,(H,29,34)(H,30,35)/t20-,23?,24+/m0/s1. The summed E-state index contributed by atoms with van der Waals surface area (Å²) in [6.45, 7) is 0. The highest BCUT2D eigenvalue weighted by Gasteiger charge is 2.50. The summed E-state index contributed by atoms with van der Waals surface area (Å²) in [7, 11) is 0. The number of amides is 1. The van der Waals surface area contributed by atoms with Crippen LogP contribution in [0.3, 0.4) is 0 Å². The molecule has 3 fully saturated rings. The lowest BCUT2D eigenvalue weighted by molar-refractivity contribution is 0.101. The van der Waals surface area contributed by atoms with Crippen molar-refractivity contribution in [2.45, 2.75) is 88.4 Å². The van der Waals surface area contributed by atoms with Crippen LogP contribution in [0.15, 0.2) is 52.2 Å². The van der Waals surface area contributed by atoms with Gasteiger partial charge < -0.3 is 10.3 Å². The maximum absolute atomic E-state index is 13.9. The molecule has 3 aliphatic rings. The number of H-pyrrole nitrogens is 1. The molecule has 4 heterocycles. The Hall–Kier alpha value is -3.26. The van der Waals surface area contributed by atoms with Gasteiger partial charge in [0.05, 0.1) is 22.8 Å². The maximum atomic E-state index is 13.9. The molecule has 36 heavy (non-hydrogen) atoms. The highest BCUT2D eigenvalue weighted by molar-refractivity contribution is 6.03. The van der Waals surface area contributed by atoms with Gasteiger partial charge in [-0.2, -0.15) is 0 Å². The Balaban J connectivity index is 1.37. The van der Waals surface area contributed by atoms with Crippen LogP contribution in [-0.2, 0) is 0 Å². The number of anilines is 1. The molecule has 8 nitrogen and oxygen atoms in total. The number of carbonyl (C=O) groups excluding carboxylic acids is 1. The second-order valence-electron chi connectivity index (χ2n) is 10.6. The number of pyridine rings is 1. The number of nitrogens with zero attached hydrogens (tertiary/aromatic N) is 3. The molecule has 2 bridgehead atoms. The Bertz CT molecular complexity index is 1370. The van der Waals surface area contributed by atoms with Crippen molar-refractivity contribution in [1.82, 2.24) is 19.4 Å². The molecule has 1 saturated carbocycles. The zero-order valence-corrected chi connectivity index (χ0v) is 20.5. The summed E-state index contributed by atoms with van der Waals surface area (Å²) in [5, 5.41) is 2.72. The number of para-hydroxylation sites is 2. The van der Waals surface area contributed by atoms with E-state index in [1.54, 1.807) is 0 Å². The molecule has 188 valence electrons. The third-order valence-corrected chi connectivity index (χ3v) is 8.44. The zero-order chi connectivity index (χ0) is 24.6. The van der Waals surface area contributed by atoms with E-state index in [4.69, 9.17) is 0 Å². The van der Waals surface area contributed by atoms with Gasteiger partial charge in [0.2, 0.25) is 5.56 Å². The first-order valence-corrected chi connectivity index (χ1v) is 13.4. The van der Waals surface area contributed by atoms with E-state index in [2.05, 4.69) is 20.2 Å². The molecule has 1 unspecified atom stereocenters. The van der Waals surface area contributed by atoms with E-state index in [1.807, 2.05) is 28.8 Å². The summed E-state index contributed by atoms with van der Waals surface area (Å²) in [6.07, 6.45) is 13.7. The molecular formula is C28H33N5O3. The summed E-state index contributed by atoms with van der Waals surface area (Å²) in [5.74, 6) is -0.563. The summed E-state index contributed by atoms with van der Waals surface area (Å²) in [5.41, 5.74) is 1.13. The second-order valence-corrected chi connectivity index (χ2v) is 10.6. The number of hydrogen-bond donors (Lipinski definition) is 2. The van der Waals surface area contributed by atoms with Crippen LogP contribution in [0, 0.1) is 0 Å². The van der Waals surface area contributed by atoms with Crippen molar-refractivity contribution in [2.24, 2.45) is 0 Å². The fourth-order valence-corrected chi connectivity index (χ4v) is 6.89. The number of aromatic nitrogens is 3. The molecule has 0 spiro atoms.